The number of hydrogen-bond acceptors (Lipinski definition) is 2. The Morgan fingerprint density at radius 2 is 2.50 bits per heavy atom. The maximum Gasteiger partial charge on any atom is 0.293 e. The zero-order valence-electron chi connectivity index (χ0n) is 7.91. The molecule has 0 amide bonds. The molecule has 0 radical (unpaired) electrons. The largest absolute Gasteiger partial charge is 0.464 e. The molecule has 1 rings (SSSR count). The van der Waals surface area contributed by atoms with E-state index in [4.69, 9.17) is 4.74 Å². The highest BCUT2D eigenvalue weighted by molar-refractivity contribution is 9.09. The molecule has 78 valence electrons. The number of carbonyl (C=O) groups excluding carboxylic acids is 1. The van der Waals surface area contributed by atoms with Crippen LogP contribution in [0.3, 0.4) is 0 Å². The van der Waals surface area contributed by atoms with Crippen LogP contribution in [0.2, 0.25) is 0 Å². The van der Waals surface area contributed by atoms with Crippen LogP contribution in [-0.4, -0.2) is 22.9 Å². The first-order valence-electron chi connectivity index (χ1n) is 4.64. The van der Waals surface area contributed by atoms with Gasteiger partial charge in [-0.2, -0.15) is 0 Å². The summed E-state index contributed by atoms with van der Waals surface area (Å²) < 4.78 is 5.00. The van der Waals surface area contributed by atoms with Gasteiger partial charge in [-0.15, -0.1) is 0 Å². The van der Waals surface area contributed by atoms with E-state index >= 15 is 0 Å². The van der Waals surface area contributed by atoms with Crippen LogP contribution in [0.1, 0.15) is 18.5 Å². The van der Waals surface area contributed by atoms with Crippen molar-refractivity contribution in [2.24, 2.45) is 0 Å². The maximum atomic E-state index is 10.3. The van der Waals surface area contributed by atoms with Gasteiger partial charge in [0, 0.05) is 23.6 Å². The Labute approximate surface area is 92.0 Å². The number of alkyl halides is 1. The zero-order valence-corrected chi connectivity index (χ0v) is 9.50. The van der Waals surface area contributed by atoms with Crippen molar-refractivity contribution in [2.75, 3.05) is 5.33 Å². The molecule has 1 atom stereocenters. The summed E-state index contributed by atoms with van der Waals surface area (Å²) in [5, 5.41) is 0.941. The third-order valence-corrected chi connectivity index (χ3v) is 2.58. The highest BCUT2D eigenvalue weighted by Gasteiger charge is 2.10. The molecule has 0 fully saturated rings. The predicted molar refractivity (Wildman–Crippen MR) is 58.5 cm³/mol. The zero-order chi connectivity index (χ0) is 10.2. The first-order valence-corrected chi connectivity index (χ1v) is 5.76. The van der Waals surface area contributed by atoms with Gasteiger partial charge in [-0.05, 0) is 25.0 Å². The van der Waals surface area contributed by atoms with E-state index in [0.29, 0.717) is 6.47 Å². The second-order valence-electron chi connectivity index (χ2n) is 3.09. The van der Waals surface area contributed by atoms with E-state index in [1.165, 1.54) is 0 Å². The molecular weight excluding hydrogens is 246 g/mol. The molecule has 0 aliphatic rings. The van der Waals surface area contributed by atoms with Crippen molar-refractivity contribution in [3.63, 3.8) is 0 Å². The van der Waals surface area contributed by atoms with Crippen molar-refractivity contribution in [1.82, 2.24) is 4.98 Å². The molecule has 0 bridgehead atoms. The molecule has 0 saturated carbocycles. The summed E-state index contributed by atoms with van der Waals surface area (Å²) in [6, 6.07) is 3.94. The Kier molecular flexibility index (Phi) is 5.37. The minimum Gasteiger partial charge on any atom is -0.464 e. The molecule has 1 aromatic heterocycles. The second kappa shape index (κ2) is 6.65. The Balaban J connectivity index is 2.38. The lowest BCUT2D eigenvalue weighted by atomic mass is 10.1. The Morgan fingerprint density at radius 3 is 3.07 bits per heavy atom. The normalized spacial score (nSPS) is 12.4. The highest BCUT2D eigenvalue weighted by Crippen LogP contribution is 2.09. The van der Waals surface area contributed by atoms with Gasteiger partial charge in [-0.1, -0.05) is 15.9 Å². The molecule has 0 aliphatic carbocycles. The van der Waals surface area contributed by atoms with Crippen molar-refractivity contribution in [3.05, 3.63) is 24.0 Å². The summed E-state index contributed by atoms with van der Waals surface area (Å²) in [6.07, 6.45) is 4.53. The summed E-state index contributed by atoms with van der Waals surface area (Å²) in [5.74, 6) is 0. The second-order valence-corrected chi connectivity index (χ2v) is 3.88. The molecule has 0 aromatic carbocycles. The van der Waals surface area contributed by atoms with Gasteiger partial charge in [0.25, 0.3) is 6.47 Å². The third kappa shape index (κ3) is 3.96. The van der Waals surface area contributed by atoms with E-state index in [2.05, 4.69) is 20.9 Å². The Morgan fingerprint density at radius 1 is 1.64 bits per heavy atom. The van der Waals surface area contributed by atoms with Gasteiger partial charge in [0.15, 0.2) is 0 Å². The van der Waals surface area contributed by atoms with Crippen molar-refractivity contribution in [2.45, 2.75) is 25.4 Å². The molecule has 3 nitrogen and oxygen atoms in total. The number of carbonyl (C=O) groups is 1. The molecule has 1 unspecified atom stereocenters. The Bertz CT molecular complexity index is 249. The van der Waals surface area contributed by atoms with E-state index in [0.717, 1.165) is 30.3 Å². The van der Waals surface area contributed by atoms with Crippen molar-refractivity contribution < 1.29 is 9.53 Å². The number of nitrogens with one attached hydrogen (secondary N) is 1. The van der Waals surface area contributed by atoms with Crippen LogP contribution in [0, 0.1) is 0 Å². The SMILES string of the molecule is O=COC(CCCBr)Cc1ccc[nH]1. The molecule has 1 aromatic rings. The van der Waals surface area contributed by atoms with Crippen LogP contribution in [0.5, 0.6) is 0 Å². The maximum absolute atomic E-state index is 10.3. The van der Waals surface area contributed by atoms with E-state index in [1.54, 1.807) is 0 Å². The molecule has 0 spiro atoms. The lowest BCUT2D eigenvalue weighted by Gasteiger charge is -2.13. The number of ether oxygens (including phenoxy) is 1. The van der Waals surface area contributed by atoms with Crippen molar-refractivity contribution in [1.29, 1.82) is 0 Å². The van der Waals surface area contributed by atoms with Crippen LogP contribution in [0.25, 0.3) is 0 Å². The van der Waals surface area contributed by atoms with Gasteiger partial charge in [0.1, 0.15) is 6.10 Å². The molecule has 14 heavy (non-hydrogen) atoms. The quantitative estimate of drug-likeness (QED) is 0.603. The van der Waals surface area contributed by atoms with Crippen LogP contribution in [-0.2, 0) is 16.0 Å². The minimum absolute atomic E-state index is 0.0105. The van der Waals surface area contributed by atoms with Crippen LogP contribution in [0.4, 0.5) is 0 Å². The lowest BCUT2D eigenvalue weighted by molar-refractivity contribution is -0.133. The van der Waals surface area contributed by atoms with E-state index in [-0.39, 0.29) is 6.10 Å². The van der Waals surface area contributed by atoms with Crippen molar-refractivity contribution >= 4 is 22.4 Å². The summed E-state index contributed by atoms with van der Waals surface area (Å²) in [4.78, 5) is 13.4. The van der Waals surface area contributed by atoms with Gasteiger partial charge in [0.05, 0.1) is 0 Å². The standard InChI is InChI=1S/C10H14BrNO2/c11-5-1-4-10(14-8-13)7-9-3-2-6-12-9/h2-3,6,8,10,12H,1,4-5,7H2. The number of aromatic nitrogens is 1. The van der Waals surface area contributed by atoms with E-state index in [1.807, 2.05) is 18.3 Å². The fourth-order valence-corrected chi connectivity index (χ4v) is 1.67. The number of H-pyrrole nitrogens is 1. The molecule has 4 heteroatoms. The lowest BCUT2D eigenvalue weighted by Crippen LogP contribution is -2.15. The fraction of sp³-hybridized carbons (Fsp3) is 0.500. The molecule has 0 aliphatic heterocycles. The first-order chi connectivity index (χ1) is 6.86. The van der Waals surface area contributed by atoms with Gasteiger partial charge in [-0.25, -0.2) is 0 Å². The predicted octanol–water partition coefficient (Wildman–Crippen LogP) is 2.27. The van der Waals surface area contributed by atoms with Crippen molar-refractivity contribution in [3.8, 4) is 0 Å². The van der Waals surface area contributed by atoms with Crippen LogP contribution in [0.15, 0.2) is 18.3 Å². The number of halogens is 1. The van der Waals surface area contributed by atoms with Gasteiger partial charge >= 0.3 is 0 Å². The number of hydrogen-bond donors (Lipinski definition) is 1. The summed E-state index contributed by atoms with van der Waals surface area (Å²) in [6.45, 7) is 0.530. The number of aromatic amines is 1. The topological polar surface area (TPSA) is 42.1 Å². The minimum atomic E-state index is -0.0105. The number of rotatable bonds is 7. The summed E-state index contributed by atoms with van der Waals surface area (Å²) in [7, 11) is 0. The fourth-order valence-electron chi connectivity index (χ4n) is 1.34. The highest BCUT2D eigenvalue weighted by atomic mass is 79.9. The van der Waals surface area contributed by atoms with E-state index < -0.39 is 0 Å². The Hall–Kier alpha value is -0.770. The monoisotopic (exact) mass is 259 g/mol. The molecule has 0 saturated heterocycles. The average molecular weight is 260 g/mol. The van der Waals surface area contributed by atoms with Crippen LogP contribution < -0.4 is 0 Å². The average Bonchev–Trinajstić information content (AvgIpc) is 2.67. The van der Waals surface area contributed by atoms with Gasteiger partial charge < -0.3 is 9.72 Å². The molecule has 1 N–H and O–H groups in total. The van der Waals surface area contributed by atoms with Gasteiger partial charge in [-0.3, -0.25) is 4.79 Å². The smallest absolute Gasteiger partial charge is 0.293 e. The van der Waals surface area contributed by atoms with Gasteiger partial charge in [0.2, 0.25) is 0 Å². The molecule has 1 heterocycles. The van der Waals surface area contributed by atoms with Crippen LogP contribution >= 0.6 is 15.9 Å². The summed E-state index contributed by atoms with van der Waals surface area (Å²) in [5.41, 5.74) is 1.10. The summed E-state index contributed by atoms with van der Waals surface area (Å²) >= 11 is 3.36. The third-order valence-electron chi connectivity index (χ3n) is 2.02. The first kappa shape index (κ1) is 11.3. The van der Waals surface area contributed by atoms with E-state index in [9.17, 15) is 4.79 Å². The molecular formula is C10H14BrNO2.